The maximum atomic E-state index is 12.6. The Kier molecular flexibility index (Phi) is 6.99. The number of ether oxygens (including phenoxy) is 1. The van der Waals surface area contributed by atoms with Crippen molar-refractivity contribution in [2.75, 3.05) is 29.9 Å². The molecule has 4 rings (SSSR count). The van der Waals surface area contributed by atoms with Gasteiger partial charge < -0.3 is 15.0 Å². The van der Waals surface area contributed by atoms with Crippen LogP contribution in [0.4, 0.5) is 11.4 Å². The lowest BCUT2D eigenvalue weighted by molar-refractivity contribution is -0.119. The van der Waals surface area contributed by atoms with Crippen LogP contribution in [0, 0.1) is 13.8 Å². The normalized spacial score (nSPS) is 13.2. The molecule has 0 unspecified atom stereocenters. The predicted octanol–water partition coefficient (Wildman–Crippen LogP) is 4.60. The second kappa shape index (κ2) is 10.1. The van der Waals surface area contributed by atoms with E-state index in [9.17, 15) is 9.59 Å². The first-order valence-electron chi connectivity index (χ1n) is 11.0. The van der Waals surface area contributed by atoms with Crippen molar-refractivity contribution in [1.82, 2.24) is 9.78 Å². The van der Waals surface area contributed by atoms with E-state index in [2.05, 4.69) is 15.3 Å². The quantitative estimate of drug-likeness (QED) is 0.515. The number of nitrogens with one attached hydrogen (secondary N) is 1. The molecule has 8 heteroatoms. The summed E-state index contributed by atoms with van der Waals surface area (Å²) in [5.41, 5.74) is 4.59. The van der Waals surface area contributed by atoms with Gasteiger partial charge in [-0.1, -0.05) is 41.4 Å². The van der Waals surface area contributed by atoms with Crippen molar-refractivity contribution in [3.63, 3.8) is 0 Å². The molecule has 1 N–H and O–H groups in total. The molecule has 0 saturated carbocycles. The molecule has 172 valence electrons. The molecule has 1 aliphatic rings. The molecule has 1 aliphatic heterocycles. The van der Waals surface area contributed by atoms with Gasteiger partial charge in [0.05, 0.1) is 12.2 Å². The number of hydrogen-bond acceptors (Lipinski definition) is 5. The second-order valence-electron chi connectivity index (χ2n) is 8.26. The van der Waals surface area contributed by atoms with Gasteiger partial charge in [-0.15, -0.1) is 0 Å². The highest BCUT2D eigenvalue weighted by atomic mass is 35.5. The van der Waals surface area contributed by atoms with Gasteiger partial charge in [0.15, 0.2) is 6.61 Å². The minimum absolute atomic E-state index is 0.173. The van der Waals surface area contributed by atoms with Gasteiger partial charge in [-0.2, -0.15) is 5.10 Å². The minimum Gasteiger partial charge on any atom is -0.452 e. The van der Waals surface area contributed by atoms with Crippen molar-refractivity contribution in [1.29, 1.82) is 0 Å². The van der Waals surface area contributed by atoms with Gasteiger partial charge in [-0.25, -0.2) is 9.48 Å². The third kappa shape index (κ3) is 5.54. The van der Waals surface area contributed by atoms with Crippen molar-refractivity contribution < 1.29 is 14.3 Å². The largest absolute Gasteiger partial charge is 0.452 e. The molecular formula is C25H27ClN4O3. The number of aromatic nitrogens is 2. The van der Waals surface area contributed by atoms with E-state index in [0.29, 0.717) is 17.9 Å². The Balaban J connectivity index is 1.33. The van der Waals surface area contributed by atoms with Gasteiger partial charge in [0.2, 0.25) is 0 Å². The summed E-state index contributed by atoms with van der Waals surface area (Å²) in [4.78, 5) is 27.2. The van der Waals surface area contributed by atoms with Crippen molar-refractivity contribution in [3.8, 4) is 0 Å². The molecule has 0 spiro atoms. The van der Waals surface area contributed by atoms with Crippen LogP contribution in [-0.2, 0) is 16.1 Å². The second-order valence-corrected chi connectivity index (χ2v) is 8.62. The number of nitrogens with zero attached hydrogens (tertiary/aromatic N) is 3. The average Bonchev–Trinajstić information content (AvgIpc) is 3.43. The summed E-state index contributed by atoms with van der Waals surface area (Å²) in [6.45, 7) is 5.85. The van der Waals surface area contributed by atoms with Crippen molar-refractivity contribution >= 4 is 34.9 Å². The summed E-state index contributed by atoms with van der Waals surface area (Å²) in [6, 6.07) is 15.7. The van der Waals surface area contributed by atoms with E-state index >= 15 is 0 Å². The van der Waals surface area contributed by atoms with Crippen LogP contribution in [0.3, 0.4) is 0 Å². The summed E-state index contributed by atoms with van der Waals surface area (Å²) in [6.07, 6.45) is 2.41. The summed E-state index contributed by atoms with van der Waals surface area (Å²) in [5, 5.41) is 7.30. The molecule has 1 amide bonds. The Morgan fingerprint density at radius 1 is 1.03 bits per heavy atom. The number of anilines is 2. The zero-order chi connectivity index (χ0) is 23.4. The lowest BCUT2D eigenvalue weighted by atomic mass is 10.1. The fourth-order valence-electron chi connectivity index (χ4n) is 3.89. The summed E-state index contributed by atoms with van der Waals surface area (Å²) < 4.78 is 6.77. The zero-order valence-electron chi connectivity index (χ0n) is 18.8. The van der Waals surface area contributed by atoms with Gasteiger partial charge in [0.1, 0.15) is 10.7 Å². The number of amides is 1. The lowest BCUT2D eigenvalue weighted by Gasteiger charge is -2.17. The number of halogens is 1. The highest BCUT2D eigenvalue weighted by molar-refractivity contribution is 6.32. The maximum Gasteiger partial charge on any atom is 0.343 e. The average molecular weight is 467 g/mol. The Hall–Kier alpha value is -3.32. The van der Waals surface area contributed by atoms with Crippen molar-refractivity contribution in [3.05, 3.63) is 76.1 Å². The SMILES string of the molecule is Cc1ccc(Cn2nc(C)c(C(=O)OCC(=O)Nc3ccc(N4CCCC4)cc3)c2Cl)cc1. The number of rotatable bonds is 7. The first-order chi connectivity index (χ1) is 15.9. The topological polar surface area (TPSA) is 76.5 Å². The van der Waals surface area contributed by atoms with Crippen LogP contribution in [-0.4, -0.2) is 41.4 Å². The number of carbonyl (C=O) groups is 2. The molecule has 33 heavy (non-hydrogen) atoms. The van der Waals surface area contributed by atoms with Crippen molar-refractivity contribution in [2.24, 2.45) is 0 Å². The first-order valence-corrected chi connectivity index (χ1v) is 11.4. The highest BCUT2D eigenvalue weighted by Crippen LogP contribution is 2.23. The van der Waals surface area contributed by atoms with Crippen LogP contribution >= 0.6 is 11.6 Å². The summed E-state index contributed by atoms with van der Waals surface area (Å²) in [7, 11) is 0. The van der Waals surface area contributed by atoms with E-state index in [-0.39, 0.29) is 10.7 Å². The number of aryl methyl sites for hydroxylation is 2. The maximum absolute atomic E-state index is 12.6. The monoisotopic (exact) mass is 466 g/mol. The van der Waals surface area contributed by atoms with E-state index in [1.807, 2.05) is 55.5 Å². The van der Waals surface area contributed by atoms with Gasteiger partial charge in [0.25, 0.3) is 5.91 Å². The van der Waals surface area contributed by atoms with E-state index in [1.54, 1.807) is 11.6 Å². The molecule has 1 aromatic heterocycles. The minimum atomic E-state index is -0.674. The molecule has 1 saturated heterocycles. The zero-order valence-corrected chi connectivity index (χ0v) is 19.6. The van der Waals surface area contributed by atoms with E-state index < -0.39 is 18.5 Å². The Morgan fingerprint density at radius 2 is 1.70 bits per heavy atom. The van der Waals surface area contributed by atoms with Gasteiger partial charge in [-0.05, 0) is 56.5 Å². The van der Waals surface area contributed by atoms with E-state index in [1.165, 1.54) is 12.8 Å². The third-order valence-electron chi connectivity index (χ3n) is 5.68. The molecule has 0 atom stereocenters. The summed E-state index contributed by atoms with van der Waals surface area (Å²) >= 11 is 6.41. The van der Waals surface area contributed by atoms with E-state index in [0.717, 1.165) is 29.9 Å². The van der Waals surface area contributed by atoms with Crippen LogP contribution in [0.1, 0.15) is 40.0 Å². The predicted molar refractivity (Wildman–Crippen MR) is 129 cm³/mol. The van der Waals surface area contributed by atoms with Crippen LogP contribution in [0.2, 0.25) is 5.15 Å². The Morgan fingerprint density at radius 3 is 2.36 bits per heavy atom. The van der Waals surface area contributed by atoms with Gasteiger partial charge >= 0.3 is 5.97 Å². The third-order valence-corrected chi connectivity index (χ3v) is 6.06. The number of esters is 1. The van der Waals surface area contributed by atoms with Gasteiger partial charge in [0, 0.05) is 24.5 Å². The fourth-order valence-corrected chi connectivity index (χ4v) is 4.20. The number of carbonyl (C=O) groups excluding carboxylic acids is 2. The number of hydrogen-bond donors (Lipinski definition) is 1. The molecule has 0 aliphatic carbocycles. The van der Waals surface area contributed by atoms with Crippen LogP contribution < -0.4 is 10.2 Å². The first kappa shape index (κ1) is 22.9. The fraction of sp³-hybridized carbons (Fsp3) is 0.320. The van der Waals surface area contributed by atoms with Crippen LogP contribution in [0.15, 0.2) is 48.5 Å². The van der Waals surface area contributed by atoms with Crippen LogP contribution in [0.25, 0.3) is 0 Å². The standard InChI is InChI=1S/C25H27ClN4O3/c1-17-5-7-19(8-6-17)15-30-24(26)23(18(2)28-30)25(32)33-16-22(31)27-20-9-11-21(12-10-20)29-13-3-4-14-29/h5-12H,3-4,13-16H2,1-2H3,(H,27,31). The molecule has 0 radical (unpaired) electrons. The van der Waals surface area contributed by atoms with E-state index in [4.69, 9.17) is 16.3 Å². The van der Waals surface area contributed by atoms with Crippen molar-refractivity contribution in [2.45, 2.75) is 33.2 Å². The molecule has 0 bridgehead atoms. The summed E-state index contributed by atoms with van der Waals surface area (Å²) in [5.74, 6) is -1.09. The Bertz CT molecular complexity index is 1130. The lowest BCUT2D eigenvalue weighted by Crippen LogP contribution is -2.21. The molecule has 3 aromatic rings. The molecule has 2 aromatic carbocycles. The molecule has 1 fully saturated rings. The molecule has 7 nitrogen and oxygen atoms in total. The Labute approximate surface area is 198 Å². The van der Waals surface area contributed by atoms with Gasteiger partial charge in [-0.3, -0.25) is 4.79 Å². The molecule has 2 heterocycles. The van der Waals surface area contributed by atoms with Crippen LogP contribution in [0.5, 0.6) is 0 Å². The highest BCUT2D eigenvalue weighted by Gasteiger charge is 2.22. The molecular weight excluding hydrogens is 440 g/mol. The smallest absolute Gasteiger partial charge is 0.343 e. The number of benzene rings is 2.